The Hall–Kier alpha value is -0.140. The summed E-state index contributed by atoms with van der Waals surface area (Å²) in [6, 6.07) is 0. The average molecular weight is 206 g/mol. The Labute approximate surface area is 87.1 Å². The van der Waals surface area contributed by atoms with E-state index in [4.69, 9.17) is 0 Å². The molecular weight excluding hydrogens is 182 g/mol. The van der Waals surface area contributed by atoms with Crippen molar-refractivity contribution in [3.8, 4) is 0 Å². The molecule has 4 atom stereocenters. The second-order valence-electron chi connectivity index (χ2n) is 4.96. The van der Waals surface area contributed by atoms with Gasteiger partial charge in [0.05, 0.1) is 0 Å². The molecule has 0 fully saturated rings. The summed E-state index contributed by atoms with van der Waals surface area (Å²) in [7, 11) is 0. The van der Waals surface area contributed by atoms with Gasteiger partial charge in [-0.05, 0) is 38.5 Å². The molecule has 0 aromatic heterocycles. The highest BCUT2D eigenvalue weighted by Crippen LogP contribution is 2.36. The van der Waals surface area contributed by atoms with E-state index in [0.717, 1.165) is 6.42 Å². The molecule has 0 aromatic carbocycles. The molecule has 0 N–H and O–H groups in total. The van der Waals surface area contributed by atoms with Gasteiger partial charge in [0.25, 0.3) is 0 Å². The highest BCUT2D eigenvalue weighted by molar-refractivity contribution is 4.84. The van der Waals surface area contributed by atoms with Gasteiger partial charge in [-0.1, -0.05) is 27.2 Å². The molecule has 14 heavy (non-hydrogen) atoms. The second kappa shape index (κ2) is 5.09. The van der Waals surface area contributed by atoms with Crippen molar-refractivity contribution in [1.82, 2.24) is 0 Å². The third kappa shape index (κ3) is 3.55. The van der Waals surface area contributed by atoms with E-state index in [0.29, 0.717) is 0 Å². The molecule has 0 spiro atoms. The first-order valence-corrected chi connectivity index (χ1v) is 5.54. The topological polar surface area (TPSA) is 0 Å². The molecule has 0 aromatic rings. The first-order chi connectivity index (χ1) is 6.21. The van der Waals surface area contributed by atoms with Gasteiger partial charge in [-0.25, -0.2) is 8.78 Å². The van der Waals surface area contributed by atoms with Gasteiger partial charge in [-0.15, -0.1) is 0 Å². The summed E-state index contributed by atoms with van der Waals surface area (Å²) >= 11 is 0. The van der Waals surface area contributed by atoms with Gasteiger partial charge < -0.3 is 0 Å². The van der Waals surface area contributed by atoms with Crippen LogP contribution in [0.4, 0.5) is 8.78 Å². The Morgan fingerprint density at radius 2 is 1.57 bits per heavy atom. The Bertz CT molecular complexity index is 158. The van der Waals surface area contributed by atoms with E-state index in [2.05, 4.69) is 0 Å². The lowest BCUT2D eigenvalue weighted by Gasteiger charge is -2.35. The number of rotatable bonds is 5. The Balaban J connectivity index is 4.56. The van der Waals surface area contributed by atoms with Crippen LogP contribution in [0.5, 0.6) is 0 Å². The van der Waals surface area contributed by atoms with E-state index in [9.17, 15) is 8.78 Å². The fourth-order valence-corrected chi connectivity index (χ4v) is 2.03. The molecule has 0 aliphatic carbocycles. The normalized spacial score (nSPS) is 21.4. The minimum atomic E-state index is -1.22. The highest BCUT2D eigenvalue weighted by atomic mass is 19.1. The minimum absolute atomic E-state index is 0.0648. The van der Waals surface area contributed by atoms with Gasteiger partial charge >= 0.3 is 0 Å². The first-order valence-electron chi connectivity index (χ1n) is 5.54. The molecule has 0 bridgehead atoms. The average Bonchev–Trinajstić information content (AvgIpc) is 2.03. The van der Waals surface area contributed by atoms with Crippen molar-refractivity contribution in [3.63, 3.8) is 0 Å². The van der Waals surface area contributed by atoms with Crippen LogP contribution in [-0.4, -0.2) is 11.8 Å². The summed E-state index contributed by atoms with van der Waals surface area (Å²) in [5.41, 5.74) is -1.22. The summed E-state index contributed by atoms with van der Waals surface area (Å²) in [6.45, 7) is 10.5. The predicted molar refractivity (Wildman–Crippen MR) is 57.9 cm³/mol. The number of hydrogen-bond donors (Lipinski definition) is 0. The quantitative estimate of drug-likeness (QED) is 0.625. The molecule has 2 heteroatoms. The van der Waals surface area contributed by atoms with Gasteiger partial charge in [0.2, 0.25) is 0 Å². The van der Waals surface area contributed by atoms with Crippen molar-refractivity contribution in [2.75, 3.05) is 0 Å². The lowest BCUT2D eigenvalue weighted by molar-refractivity contribution is 0.0449. The van der Waals surface area contributed by atoms with Gasteiger partial charge in [0.15, 0.2) is 0 Å². The second-order valence-corrected chi connectivity index (χ2v) is 4.96. The van der Waals surface area contributed by atoms with Crippen LogP contribution in [0.15, 0.2) is 0 Å². The monoisotopic (exact) mass is 206 g/mol. The van der Waals surface area contributed by atoms with Crippen LogP contribution >= 0.6 is 0 Å². The van der Waals surface area contributed by atoms with E-state index < -0.39 is 11.8 Å². The zero-order valence-corrected chi connectivity index (χ0v) is 10.3. The third-order valence-corrected chi connectivity index (χ3v) is 3.60. The lowest BCUT2D eigenvalue weighted by atomic mass is 9.73. The van der Waals surface area contributed by atoms with Crippen molar-refractivity contribution in [1.29, 1.82) is 0 Å². The molecule has 0 rings (SSSR count). The number of halogens is 2. The van der Waals surface area contributed by atoms with Crippen molar-refractivity contribution in [2.45, 2.75) is 59.8 Å². The zero-order chi connectivity index (χ0) is 11.5. The van der Waals surface area contributed by atoms with Gasteiger partial charge in [0, 0.05) is 0 Å². The fourth-order valence-electron chi connectivity index (χ4n) is 2.03. The molecule has 4 unspecified atom stereocenters. The van der Waals surface area contributed by atoms with Crippen LogP contribution < -0.4 is 0 Å². The van der Waals surface area contributed by atoms with Crippen molar-refractivity contribution in [2.24, 2.45) is 17.8 Å². The maximum atomic E-state index is 13.7. The maximum Gasteiger partial charge on any atom is 0.108 e. The van der Waals surface area contributed by atoms with E-state index in [1.54, 1.807) is 20.8 Å². The molecule has 0 heterocycles. The molecule has 0 saturated heterocycles. The van der Waals surface area contributed by atoms with Gasteiger partial charge in [-0.2, -0.15) is 0 Å². The van der Waals surface area contributed by atoms with Crippen LogP contribution in [-0.2, 0) is 0 Å². The maximum absolute atomic E-state index is 13.7. The van der Waals surface area contributed by atoms with Crippen molar-refractivity contribution < 1.29 is 8.78 Å². The van der Waals surface area contributed by atoms with Crippen LogP contribution in [0.1, 0.15) is 48.0 Å². The van der Waals surface area contributed by atoms with Crippen LogP contribution in [0.25, 0.3) is 0 Å². The highest BCUT2D eigenvalue weighted by Gasteiger charge is 2.35. The number of hydrogen-bond acceptors (Lipinski definition) is 0. The largest absolute Gasteiger partial charge is 0.247 e. The summed E-state index contributed by atoms with van der Waals surface area (Å²) in [5, 5.41) is 0. The van der Waals surface area contributed by atoms with Gasteiger partial charge in [0.1, 0.15) is 11.8 Å². The molecule has 0 saturated carbocycles. The van der Waals surface area contributed by atoms with E-state index in [1.165, 1.54) is 0 Å². The molecule has 0 nitrogen and oxygen atoms in total. The SMILES string of the molecule is CCC(C(C)C(C)F)C(C)C(C)(C)F. The van der Waals surface area contributed by atoms with Crippen LogP contribution in [0.2, 0.25) is 0 Å². The van der Waals surface area contributed by atoms with Gasteiger partial charge in [-0.3, -0.25) is 0 Å². The van der Waals surface area contributed by atoms with E-state index in [-0.39, 0.29) is 17.8 Å². The Morgan fingerprint density at radius 1 is 1.14 bits per heavy atom. The molecular formula is C12H24F2. The molecule has 0 aliphatic rings. The summed E-state index contributed by atoms with van der Waals surface area (Å²) in [4.78, 5) is 0. The molecule has 0 aliphatic heterocycles. The van der Waals surface area contributed by atoms with Crippen molar-refractivity contribution >= 4 is 0 Å². The third-order valence-electron chi connectivity index (χ3n) is 3.60. The van der Waals surface area contributed by atoms with Crippen LogP contribution in [0.3, 0.4) is 0 Å². The lowest BCUT2D eigenvalue weighted by Crippen LogP contribution is -2.35. The number of alkyl halides is 2. The minimum Gasteiger partial charge on any atom is -0.247 e. The summed E-state index contributed by atoms with van der Waals surface area (Å²) < 4.78 is 26.9. The van der Waals surface area contributed by atoms with Crippen LogP contribution in [0, 0.1) is 17.8 Å². The zero-order valence-electron chi connectivity index (χ0n) is 10.3. The Morgan fingerprint density at radius 3 is 1.79 bits per heavy atom. The molecule has 0 amide bonds. The standard InChI is InChI=1S/C12H24F2/c1-7-11(8(2)10(4)13)9(3)12(5,6)14/h8-11H,7H2,1-6H3. The smallest absolute Gasteiger partial charge is 0.108 e. The molecule has 0 radical (unpaired) electrons. The summed E-state index contributed by atoms with van der Waals surface area (Å²) in [5.74, 6) is -0.0410. The van der Waals surface area contributed by atoms with Crippen molar-refractivity contribution in [3.05, 3.63) is 0 Å². The fraction of sp³-hybridized carbons (Fsp3) is 1.00. The Kier molecular flexibility index (Phi) is 5.03. The van der Waals surface area contributed by atoms with E-state index >= 15 is 0 Å². The first kappa shape index (κ1) is 13.9. The molecule has 86 valence electrons. The van der Waals surface area contributed by atoms with E-state index in [1.807, 2.05) is 20.8 Å². The summed E-state index contributed by atoms with van der Waals surface area (Å²) in [6.07, 6.45) is -0.0195. The predicted octanol–water partition coefficient (Wildman–Crippen LogP) is 4.39.